The summed E-state index contributed by atoms with van der Waals surface area (Å²) in [5.74, 6) is 0.413. The third-order valence-electron chi connectivity index (χ3n) is 6.02. The SMILES string of the molecule is CC(Nc1ncnc2cc(C(=O)N3CCC[C@@H]3C(N)=O)c(Cl)cc12)c1nc2ccc(Cl)cc2[nH]1. The van der Waals surface area contributed by atoms with Gasteiger partial charge >= 0.3 is 0 Å². The summed E-state index contributed by atoms with van der Waals surface area (Å²) in [6.45, 7) is 2.40. The molecule has 0 saturated carbocycles. The Morgan fingerprint density at radius 1 is 1.21 bits per heavy atom. The van der Waals surface area contributed by atoms with Crippen LogP contribution in [0.25, 0.3) is 21.9 Å². The van der Waals surface area contributed by atoms with Gasteiger partial charge in [0.15, 0.2) is 0 Å². The van der Waals surface area contributed by atoms with E-state index >= 15 is 0 Å². The molecule has 34 heavy (non-hydrogen) atoms. The zero-order chi connectivity index (χ0) is 24.0. The summed E-state index contributed by atoms with van der Waals surface area (Å²) in [7, 11) is 0. The molecule has 0 aliphatic carbocycles. The molecule has 4 N–H and O–H groups in total. The third kappa shape index (κ3) is 4.01. The summed E-state index contributed by atoms with van der Waals surface area (Å²) in [6, 6.07) is 7.91. The first-order valence-corrected chi connectivity index (χ1v) is 11.5. The van der Waals surface area contributed by atoms with E-state index in [0.29, 0.717) is 47.0 Å². The molecule has 2 amide bonds. The molecule has 0 radical (unpaired) electrons. The van der Waals surface area contributed by atoms with E-state index in [1.165, 1.54) is 11.2 Å². The number of amides is 2. The number of carbonyl (C=O) groups excluding carboxylic acids is 2. The maximum atomic E-state index is 13.1. The van der Waals surface area contributed by atoms with Crippen LogP contribution in [0.4, 0.5) is 5.82 Å². The Morgan fingerprint density at radius 2 is 2.03 bits per heavy atom. The molecule has 1 unspecified atom stereocenters. The van der Waals surface area contributed by atoms with Gasteiger partial charge in [0, 0.05) is 17.0 Å². The van der Waals surface area contributed by atoms with Crippen molar-refractivity contribution in [2.45, 2.75) is 31.8 Å². The van der Waals surface area contributed by atoms with Crippen LogP contribution in [0, 0.1) is 0 Å². The largest absolute Gasteiger partial charge is 0.368 e. The van der Waals surface area contributed by atoms with Crippen molar-refractivity contribution in [3.63, 3.8) is 0 Å². The molecule has 0 bridgehead atoms. The van der Waals surface area contributed by atoms with E-state index in [-0.39, 0.29) is 22.5 Å². The van der Waals surface area contributed by atoms with E-state index in [9.17, 15) is 9.59 Å². The molecule has 1 fully saturated rings. The summed E-state index contributed by atoms with van der Waals surface area (Å²) in [4.78, 5) is 42.9. The van der Waals surface area contributed by atoms with E-state index in [2.05, 4.69) is 25.3 Å². The number of hydrogen-bond acceptors (Lipinski definition) is 6. The van der Waals surface area contributed by atoms with Crippen LogP contribution in [-0.4, -0.2) is 49.2 Å². The van der Waals surface area contributed by atoms with Crippen molar-refractivity contribution in [1.82, 2.24) is 24.8 Å². The van der Waals surface area contributed by atoms with Crippen molar-refractivity contribution in [2.75, 3.05) is 11.9 Å². The van der Waals surface area contributed by atoms with E-state index in [1.807, 2.05) is 19.1 Å². The number of aromatic amines is 1. The van der Waals surface area contributed by atoms with Crippen molar-refractivity contribution >= 4 is 62.8 Å². The molecule has 1 aliphatic rings. The number of nitrogens with two attached hydrogens (primary N) is 1. The Labute approximate surface area is 204 Å². The summed E-state index contributed by atoms with van der Waals surface area (Å²) in [5, 5.41) is 4.87. The number of anilines is 1. The van der Waals surface area contributed by atoms with Crippen LogP contribution in [0.1, 0.15) is 42.0 Å². The number of nitrogens with one attached hydrogen (secondary N) is 2. The fourth-order valence-electron chi connectivity index (χ4n) is 4.30. The number of primary amides is 1. The van der Waals surface area contributed by atoms with E-state index < -0.39 is 11.9 Å². The Morgan fingerprint density at radius 3 is 2.82 bits per heavy atom. The van der Waals surface area contributed by atoms with Crippen LogP contribution in [0.15, 0.2) is 36.7 Å². The van der Waals surface area contributed by atoms with Gasteiger partial charge in [-0.25, -0.2) is 15.0 Å². The highest BCUT2D eigenvalue weighted by Gasteiger charge is 2.34. The molecular formula is C23H21Cl2N7O2. The highest BCUT2D eigenvalue weighted by molar-refractivity contribution is 6.35. The normalized spacial score (nSPS) is 16.8. The summed E-state index contributed by atoms with van der Waals surface area (Å²) < 4.78 is 0. The van der Waals surface area contributed by atoms with Crippen molar-refractivity contribution in [3.8, 4) is 0 Å². The third-order valence-corrected chi connectivity index (χ3v) is 6.57. The first kappa shape index (κ1) is 22.4. The van der Waals surface area contributed by atoms with Crippen molar-refractivity contribution in [1.29, 1.82) is 0 Å². The smallest absolute Gasteiger partial charge is 0.256 e. The molecule has 5 rings (SSSR count). The average Bonchev–Trinajstić information content (AvgIpc) is 3.46. The standard InChI is InChI=1S/C23H21Cl2N7O2/c1-11(21-30-16-5-4-12(24)7-18(16)31-21)29-22-14-8-15(25)13(9-17(14)27-10-28-22)23(34)32-6-2-3-19(32)20(26)33/h4-5,7-11,19H,2-3,6H2,1H3,(H2,26,33)(H,30,31)(H,27,28,29)/t11?,19-/m1/s1. The minimum Gasteiger partial charge on any atom is -0.368 e. The average molecular weight is 498 g/mol. The fraction of sp³-hybridized carbons (Fsp3) is 0.261. The van der Waals surface area contributed by atoms with Crippen LogP contribution in [-0.2, 0) is 4.79 Å². The van der Waals surface area contributed by atoms with Gasteiger partial charge in [0.25, 0.3) is 5.91 Å². The number of carbonyl (C=O) groups is 2. The molecule has 9 nitrogen and oxygen atoms in total. The molecule has 4 aromatic rings. The monoisotopic (exact) mass is 497 g/mol. The lowest BCUT2D eigenvalue weighted by atomic mass is 10.1. The zero-order valence-corrected chi connectivity index (χ0v) is 19.7. The van der Waals surface area contributed by atoms with E-state index in [4.69, 9.17) is 28.9 Å². The van der Waals surface area contributed by atoms with Gasteiger partial charge in [-0.2, -0.15) is 0 Å². The molecule has 2 aromatic heterocycles. The van der Waals surface area contributed by atoms with Gasteiger partial charge in [-0.05, 0) is 50.1 Å². The molecule has 3 heterocycles. The number of aromatic nitrogens is 4. The Bertz CT molecular complexity index is 1440. The second kappa shape index (κ2) is 8.73. The molecule has 1 aliphatic heterocycles. The van der Waals surface area contributed by atoms with Gasteiger partial charge < -0.3 is 20.9 Å². The van der Waals surface area contributed by atoms with Gasteiger partial charge in [-0.1, -0.05) is 23.2 Å². The lowest BCUT2D eigenvalue weighted by molar-refractivity contribution is -0.121. The maximum Gasteiger partial charge on any atom is 0.256 e. The number of H-pyrrole nitrogens is 1. The van der Waals surface area contributed by atoms with E-state index in [1.54, 1.807) is 18.2 Å². The number of hydrogen-bond donors (Lipinski definition) is 3. The first-order valence-electron chi connectivity index (χ1n) is 10.8. The van der Waals surface area contributed by atoms with Crippen molar-refractivity contribution in [3.05, 3.63) is 58.1 Å². The number of benzene rings is 2. The minimum atomic E-state index is -0.624. The van der Waals surface area contributed by atoms with Gasteiger partial charge in [0.05, 0.1) is 33.2 Å². The summed E-state index contributed by atoms with van der Waals surface area (Å²) >= 11 is 12.6. The lowest BCUT2D eigenvalue weighted by Gasteiger charge is -2.23. The number of halogens is 2. The first-order chi connectivity index (χ1) is 16.3. The number of likely N-dealkylation sites (tertiary alicyclic amines) is 1. The molecule has 11 heteroatoms. The van der Waals surface area contributed by atoms with Gasteiger partial charge in [-0.15, -0.1) is 0 Å². The molecule has 1 saturated heterocycles. The van der Waals surface area contributed by atoms with Gasteiger partial charge in [0.2, 0.25) is 5.91 Å². The van der Waals surface area contributed by atoms with Crippen molar-refractivity contribution in [2.24, 2.45) is 5.73 Å². The highest BCUT2D eigenvalue weighted by Crippen LogP contribution is 2.31. The lowest BCUT2D eigenvalue weighted by Crippen LogP contribution is -2.43. The second-order valence-corrected chi connectivity index (χ2v) is 9.12. The van der Waals surface area contributed by atoms with Gasteiger partial charge in [0.1, 0.15) is 24.0 Å². The van der Waals surface area contributed by atoms with Gasteiger partial charge in [-0.3, -0.25) is 9.59 Å². The minimum absolute atomic E-state index is 0.217. The van der Waals surface area contributed by atoms with Crippen LogP contribution in [0.2, 0.25) is 10.0 Å². The number of nitrogens with zero attached hydrogens (tertiary/aromatic N) is 4. The van der Waals surface area contributed by atoms with Crippen LogP contribution < -0.4 is 11.1 Å². The van der Waals surface area contributed by atoms with Crippen LogP contribution in [0.3, 0.4) is 0 Å². The quantitative estimate of drug-likeness (QED) is 0.380. The molecule has 0 spiro atoms. The molecular weight excluding hydrogens is 477 g/mol. The Balaban J connectivity index is 1.45. The Hall–Kier alpha value is -3.43. The number of imidazole rings is 1. The molecule has 174 valence electrons. The predicted octanol–water partition coefficient (Wildman–Crippen LogP) is 4.08. The summed E-state index contributed by atoms with van der Waals surface area (Å²) in [5.41, 5.74) is 7.93. The topological polar surface area (TPSA) is 130 Å². The maximum absolute atomic E-state index is 13.1. The van der Waals surface area contributed by atoms with Crippen LogP contribution >= 0.6 is 23.2 Å². The fourth-order valence-corrected chi connectivity index (χ4v) is 4.71. The van der Waals surface area contributed by atoms with E-state index in [0.717, 1.165) is 11.0 Å². The second-order valence-electron chi connectivity index (χ2n) is 8.28. The Kier molecular flexibility index (Phi) is 5.75. The highest BCUT2D eigenvalue weighted by atomic mass is 35.5. The molecule has 2 aromatic carbocycles. The summed E-state index contributed by atoms with van der Waals surface area (Å²) in [6.07, 6.45) is 2.68. The molecule has 2 atom stereocenters. The zero-order valence-electron chi connectivity index (χ0n) is 18.2. The number of rotatable bonds is 5. The van der Waals surface area contributed by atoms with Crippen molar-refractivity contribution < 1.29 is 9.59 Å². The van der Waals surface area contributed by atoms with Crippen LogP contribution in [0.5, 0.6) is 0 Å². The predicted molar refractivity (Wildman–Crippen MR) is 131 cm³/mol. The number of fused-ring (bicyclic) bond motifs is 2.